The zero-order valence-corrected chi connectivity index (χ0v) is 11.9. The molecule has 1 N–H and O–H groups in total. The normalized spacial score (nSPS) is 19.9. The Morgan fingerprint density at radius 2 is 2.56 bits per heavy atom. The number of nitrogens with zero attached hydrogens (tertiary/aromatic N) is 2. The molecule has 102 valence electrons. The predicted molar refractivity (Wildman–Crippen MR) is 77.4 cm³/mol. The number of rotatable bonds is 7. The number of thioether (sulfide) groups is 1. The first-order valence-electron chi connectivity index (χ1n) is 6.84. The molecule has 1 aliphatic rings. The van der Waals surface area contributed by atoms with Crippen LogP contribution in [-0.4, -0.2) is 40.8 Å². The van der Waals surface area contributed by atoms with Gasteiger partial charge in [0.15, 0.2) is 0 Å². The fourth-order valence-corrected chi connectivity index (χ4v) is 3.34. The molecule has 5 heteroatoms. The minimum Gasteiger partial charge on any atom is -0.382 e. The Kier molecular flexibility index (Phi) is 5.87. The number of nitrogens with one attached hydrogen (secondary N) is 1. The fourth-order valence-electron chi connectivity index (χ4n) is 2.21. The summed E-state index contributed by atoms with van der Waals surface area (Å²) in [6.07, 6.45) is 7.61. The van der Waals surface area contributed by atoms with E-state index in [0.717, 1.165) is 32.1 Å². The molecule has 0 aliphatic carbocycles. The maximum atomic E-state index is 5.33. The number of hydrogen-bond donors (Lipinski definition) is 1. The highest BCUT2D eigenvalue weighted by atomic mass is 32.2. The number of hydrogen-bond acceptors (Lipinski definition) is 4. The van der Waals surface area contributed by atoms with E-state index in [1.54, 1.807) is 0 Å². The van der Waals surface area contributed by atoms with E-state index in [9.17, 15) is 0 Å². The highest BCUT2D eigenvalue weighted by Crippen LogP contribution is 2.28. The second-order valence-corrected chi connectivity index (χ2v) is 5.66. The summed E-state index contributed by atoms with van der Waals surface area (Å²) in [4.78, 5) is 4.41. The fraction of sp³-hybridized carbons (Fsp3) is 0.769. The number of aromatic nitrogens is 2. The van der Waals surface area contributed by atoms with Gasteiger partial charge in [-0.15, -0.1) is 0 Å². The Morgan fingerprint density at radius 3 is 3.33 bits per heavy atom. The van der Waals surface area contributed by atoms with Crippen LogP contribution in [0.15, 0.2) is 12.4 Å². The second-order valence-electron chi connectivity index (χ2n) is 4.51. The number of imidazole rings is 1. The molecule has 0 amide bonds. The largest absolute Gasteiger partial charge is 0.382 e. The molecule has 18 heavy (non-hydrogen) atoms. The van der Waals surface area contributed by atoms with Crippen LogP contribution in [0.4, 0.5) is 5.95 Å². The molecule has 4 nitrogen and oxygen atoms in total. The van der Waals surface area contributed by atoms with Crippen molar-refractivity contribution in [2.75, 3.05) is 36.6 Å². The molecule has 0 aromatic carbocycles. The van der Waals surface area contributed by atoms with E-state index in [-0.39, 0.29) is 0 Å². The average molecular weight is 269 g/mol. The van der Waals surface area contributed by atoms with Gasteiger partial charge >= 0.3 is 0 Å². The third kappa shape index (κ3) is 3.92. The summed E-state index contributed by atoms with van der Waals surface area (Å²) in [7, 11) is 0. The number of ether oxygens (including phenoxy) is 1. The molecule has 2 heterocycles. The van der Waals surface area contributed by atoms with Gasteiger partial charge in [-0.1, -0.05) is 0 Å². The highest BCUT2D eigenvalue weighted by molar-refractivity contribution is 7.99. The van der Waals surface area contributed by atoms with Crippen LogP contribution in [-0.2, 0) is 4.74 Å². The Bertz CT molecular complexity index is 337. The van der Waals surface area contributed by atoms with Gasteiger partial charge in [-0.25, -0.2) is 4.98 Å². The van der Waals surface area contributed by atoms with Crippen molar-refractivity contribution in [1.82, 2.24) is 9.55 Å². The summed E-state index contributed by atoms with van der Waals surface area (Å²) >= 11 is 2.05. The Hall–Kier alpha value is -0.680. The van der Waals surface area contributed by atoms with Crippen LogP contribution in [0.25, 0.3) is 0 Å². The van der Waals surface area contributed by atoms with E-state index >= 15 is 0 Å². The third-order valence-electron chi connectivity index (χ3n) is 3.15. The zero-order valence-electron chi connectivity index (χ0n) is 11.1. The van der Waals surface area contributed by atoms with Gasteiger partial charge in [0.1, 0.15) is 0 Å². The van der Waals surface area contributed by atoms with E-state index in [4.69, 9.17) is 4.74 Å². The summed E-state index contributed by atoms with van der Waals surface area (Å²) in [5.41, 5.74) is 0. The summed E-state index contributed by atoms with van der Waals surface area (Å²) in [5, 5.41) is 3.41. The van der Waals surface area contributed by atoms with Gasteiger partial charge < -0.3 is 14.6 Å². The molecule has 0 saturated carbocycles. The van der Waals surface area contributed by atoms with Crippen molar-refractivity contribution in [1.29, 1.82) is 0 Å². The van der Waals surface area contributed by atoms with Crippen LogP contribution in [0.2, 0.25) is 0 Å². The first kappa shape index (κ1) is 13.7. The van der Waals surface area contributed by atoms with E-state index in [2.05, 4.69) is 21.1 Å². The lowest BCUT2D eigenvalue weighted by molar-refractivity contribution is 0.147. The molecular formula is C13H23N3OS. The number of anilines is 1. The minimum absolute atomic E-state index is 0.612. The molecule has 1 fully saturated rings. The Balaban J connectivity index is 1.79. The summed E-state index contributed by atoms with van der Waals surface area (Å²) < 4.78 is 7.63. The molecule has 1 aliphatic heterocycles. The van der Waals surface area contributed by atoms with Crippen LogP contribution in [0.1, 0.15) is 32.2 Å². The second kappa shape index (κ2) is 7.69. The van der Waals surface area contributed by atoms with Crippen LogP contribution < -0.4 is 5.32 Å². The lowest BCUT2D eigenvalue weighted by Crippen LogP contribution is -2.19. The van der Waals surface area contributed by atoms with Crippen molar-refractivity contribution in [3.05, 3.63) is 12.4 Å². The van der Waals surface area contributed by atoms with Crippen molar-refractivity contribution >= 4 is 17.7 Å². The van der Waals surface area contributed by atoms with Crippen LogP contribution >= 0.6 is 11.8 Å². The molecular weight excluding hydrogens is 246 g/mol. The van der Waals surface area contributed by atoms with Crippen LogP contribution in [0.3, 0.4) is 0 Å². The van der Waals surface area contributed by atoms with Gasteiger partial charge in [0, 0.05) is 43.9 Å². The maximum absolute atomic E-state index is 5.33. The Labute approximate surface area is 114 Å². The highest BCUT2D eigenvalue weighted by Gasteiger charge is 2.17. The molecule has 0 bridgehead atoms. The molecule has 0 spiro atoms. The van der Waals surface area contributed by atoms with E-state index < -0.39 is 0 Å². The molecule has 1 unspecified atom stereocenters. The van der Waals surface area contributed by atoms with Gasteiger partial charge in [-0.2, -0.15) is 11.8 Å². The summed E-state index contributed by atoms with van der Waals surface area (Å²) in [6, 6.07) is 0.612. The lowest BCUT2D eigenvalue weighted by Gasteiger charge is -2.24. The topological polar surface area (TPSA) is 39.1 Å². The minimum atomic E-state index is 0.612. The molecule has 0 radical (unpaired) electrons. The van der Waals surface area contributed by atoms with Crippen LogP contribution in [0.5, 0.6) is 0 Å². The molecule has 1 saturated heterocycles. The summed E-state index contributed by atoms with van der Waals surface area (Å²) in [6.45, 7) is 4.58. The van der Waals surface area contributed by atoms with Gasteiger partial charge in [0.05, 0.1) is 0 Å². The van der Waals surface area contributed by atoms with Gasteiger partial charge in [0.25, 0.3) is 0 Å². The molecule has 1 atom stereocenters. The van der Waals surface area contributed by atoms with Crippen molar-refractivity contribution in [2.24, 2.45) is 0 Å². The van der Waals surface area contributed by atoms with E-state index in [0.29, 0.717) is 6.04 Å². The smallest absolute Gasteiger partial charge is 0.203 e. The third-order valence-corrected chi connectivity index (χ3v) is 4.35. The predicted octanol–water partition coefficient (Wildman–Crippen LogP) is 2.79. The lowest BCUT2D eigenvalue weighted by atomic mass is 10.2. The van der Waals surface area contributed by atoms with Crippen molar-refractivity contribution in [3.63, 3.8) is 0 Å². The van der Waals surface area contributed by atoms with E-state index in [1.807, 2.05) is 24.9 Å². The van der Waals surface area contributed by atoms with Gasteiger partial charge in [0.2, 0.25) is 5.95 Å². The first-order chi connectivity index (χ1) is 8.92. The summed E-state index contributed by atoms with van der Waals surface area (Å²) in [5.74, 6) is 3.53. The SMILES string of the molecule is CCOCCCNc1nccn1C1CCCSC1. The van der Waals surface area contributed by atoms with Crippen molar-refractivity contribution < 1.29 is 4.74 Å². The van der Waals surface area contributed by atoms with Gasteiger partial charge in [-0.05, 0) is 31.9 Å². The quantitative estimate of drug-likeness (QED) is 0.773. The average Bonchev–Trinajstić information content (AvgIpc) is 2.88. The van der Waals surface area contributed by atoms with Gasteiger partial charge in [-0.3, -0.25) is 0 Å². The molecule has 1 aromatic heterocycles. The van der Waals surface area contributed by atoms with Crippen molar-refractivity contribution in [2.45, 2.75) is 32.2 Å². The van der Waals surface area contributed by atoms with Crippen molar-refractivity contribution in [3.8, 4) is 0 Å². The molecule has 1 aromatic rings. The maximum Gasteiger partial charge on any atom is 0.203 e. The van der Waals surface area contributed by atoms with Crippen LogP contribution in [0, 0.1) is 0 Å². The van der Waals surface area contributed by atoms with E-state index in [1.165, 1.54) is 24.3 Å². The zero-order chi connectivity index (χ0) is 12.6. The first-order valence-corrected chi connectivity index (χ1v) is 7.99. The monoisotopic (exact) mass is 269 g/mol. The molecule has 2 rings (SSSR count). The Morgan fingerprint density at radius 1 is 1.61 bits per heavy atom. The standard InChI is InChI=1S/C13H23N3OS/c1-2-17-9-4-6-14-13-15-7-8-16(13)12-5-3-10-18-11-12/h7-8,12H,2-6,9-11H2,1H3,(H,14,15).